The second-order valence-electron chi connectivity index (χ2n) is 15.5. The van der Waals surface area contributed by atoms with Crippen molar-refractivity contribution in [1.82, 2.24) is 14.1 Å². The van der Waals surface area contributed by atoms with Gasteiger partial charge in [-0.1, -0.05) is 72.3 Å². The summed E-state index contributed by atoms with van der Waals surface area (Å²) in [5, 5.41) is 4.07. The van der Waals surface area contributed by atoms with Crippen LogP contribution in [0.4, 0.5) is 17.1 Å². The third-order valence-electron chi connectivity index (χ3n) is 13.2. The number of fused-ring (bicyclic) bond motifs is 8. The molecule has 5 heterocycles. The van der Waals surface area contributed by atoms with Crippen molar-refractivity contribution in [3.8, 4) is 0 Å². The van der Waals surface area contributed by atoms with Gasteiger partial charge in [0.15, 0.2) is 0 Å². The molecule has 1 amide bonds. The van der Waals surface area contributed by atoms with E-state index in [4.69, 9.17) is 0 Å². The van der Waals surface area contributed by atoms with Gasteiger partial charge in [-0.05, 0) is 86.5 Å². The van der Waals surface area contributed by atoms with Gasteiger partial charge in [0, 0.05) is 68.3 Å². The highest BCUT2D eigenvalue weighted by Crippen LogP contribution is 2.68. The highest BCUT2D eigenvalue weighted by molar-refractivity contribution is 7.89. The molecule has 0 spiro atoms. The van der Waals surface area contributed by atoms with E-state index in [1.165, 1.54) is 21.1 Å². The summed E-state index contributed by atoms with van der Waals surface area (Å²) in [4.78, 5) is 24.4. The maximum Gasteiger partial charge on any atom is 0.263 e. The van der Waals surface area contributed by atoms with Gasteiger partial charge in [-0.15, -0.1) is 0 Å². The van der Waals surface area contributed by atoms with Crippen LogP contribution in [0.3, 0.4) is 0 Å². The van der Waals surface area contributed by atoms with Crippen molar-refractivity contribution in [2.75, 3.05) is 63.4 Å². The predicted molar refractivity (Wildman–Crippen MR) is 206 cm³/mol. The van der Waals surface area contributed by atoms with E-state index < -0.39 is 15.4 Å². The number of sulfonamides is 1. The number of amides is 1. The summed E-state index contributed by atoms with van der Waals surface area (Å²) in [5.41, 5.74) is 6.55. The Morgan fingerprint density at radius 2 is 1.37 bits per heavy atom. The van der Waals surface area contributed by atoms with Crippen molar-refractivity contribution in [1.29, 1.82) is 0 Å². The van der Waals surface area contributed by atoms with E-state index in [9.17, 15) is 13.2 Å². The first-order chi connectivity index (χ1) is 24.9. The Hall–Kier alpha value is -4.64. The zero-order chi connectivity index (χ0) is 36.4. The minimum atomic E-state index is -3.88. The molecule has 0 aromatic heterocycles. The fraction of sp³-hybridized carbons (Fsp3) is 0.357. The fourth-order valence-electron chi connectivity index (χ4n) is 10.9. The Balaban J connectivity index is 1.27. The number of rotatable bonds is 6. The maximum atomic E-state index is 15.0. The summed E-state index contributed by atoms with van der Waals surface area (Å²) in [7, 11) is 6.18. The molecule has 4 aromatic rings. The molecule has 0 aliphatic carbocycles. The minimum absolute atomic E-state index is 0.00713. The van der Waals surface area contributed by atoms with Crippen molar-refractivity contribution in [3.05, 3.63) is 131 Å². The summed E-state index contributed by atoms with van der Waals surface area (Å²) < 4.78 is 28.9. The van der Waals surface area contributed by atoms with Crippen LogP contribution in [0.15, 0.2) is 108 Å². The number of hydrogen-bond acceptors (Lipinski definition) is 7. The van der Waals surface area contributed by atoms with E-state index in [0.29, 0.717) is 0 Å². The van der Waals surface area contributed by atoms with Crippen LogP contribution in [0.5, 0.6) is 0 Å². The molecule has 2 fully saturated rings. The largest absolute Gasteiger partial charge is 0.368 e. The number of nitrogens with one attached hydrogen (secondary N) is 1. The Morgan fingerprint density at radius 3 is 2.12 bits per heavy atom. The quantitative estimate of drug-likeness (QED) is 0.284. The molecular formula is C42H46N6O3S. The molecule has 1 N–H and O–H groups in total. The molecule has 52 heavy (non-hydrogen) atoms. The molecule has 2 saturated heterocycles. The highest BCUT2D eigenvalue weighted by Gasteiger charge is 2.72. The molecule has 5 aliphatic heterocycles. The Labute approximate surface area is 307 Å². The van der Waals surface area contributed by atoms with E-state index >= 15 is 0 Å². The zero-order valence-corrected chi connectivity index (χ0v) is 31.5. The van der Waals surface area contributed by atoms with Gasteiger partial charge in [0.05, 0.1) is 17.2 Å². The van der Waals surface area contributed by atoms with E-state index in [0.717, 1.165) is 54.0 Å². The SMILES string of the molecule is Cc1ccc(S(=O)(=O)N(C)/C=C/[C@]2(c3cccc4c3N[C@H]3N(C)CC[C@@]43[C@@]34CCN(C)[C@@H]3N(C)c3ccccc34)C(=O)N(C)c3ccccc32)cc1. The molecule has 10 heteroatoms. The average molecular weight is 715 g/mol. The number of carbonyl (C=O) groups is 1. The number of aryl methyl sites for hydroxylation is 1. The van der Waals surface area contributed by atoms with Gasteiger partial charge in [-0.25, -0.2) is 8.42 Å². The van der Waals surface area contributed by atoms with Crippen molar-refractivity contribution in [2.45, 2.75) is 53.2 Å². The topological polar surface area (TPSA) is 79.4 Å². The highest BCUT2D eigenvalue weighted by atomic mass is 32.2. The lowest BCUT2D eigenvalue weighted by atomic mass is 9.54. The summed E-state index contributed by atoms with van der Waals surface area (Å²) in [5.74, 6) is -0.122. The molecule has 0 saturated carbocycles. The predicted octanol–water partition coefficient (Wildman–Crippen LogP) is 5.47. The lowest BCUT2D eigenvalue weighted by Gasteiger charge is -2.49. The molecule has 9 nitrogen and oxygen atoms in total. The second-order valence-corrected chi connectivity index (χ2v) is 17.5. The lowest BCUT2D eigenvalue weighted by Crippen LogP contribution is -2.61. The van der Waals surface area contributed by atoms with Crippen LogP contribution in [-0.2, 0) is 31.1 Å². The van der Waals surface area contributed by atoms with Crippen LogP contribution >= 0.6 is 0 Å². The minimum Gasteiger partial charge on any atom is -0.368 e. The van der Waals surface area contributed by atoms with Crippen molar-refractivity contribution in [3.63, 3.8) is 0 Å². The molecule has 9 rings (SSSR count). The number of hydrogen-bond donors (Lipinski definition) is 1. The molecular weight excluding hydrogens is 669 g/mol. The Kier molecular flexibility index (Phi) is 7.14. The third kappa shape index (κ3) is 3.95. The first kappa shape index (κ1) is 33.2. The van der Waals surface area contributed by atoms with E-state index in [1.54, 1.807) is 42.4 Å². The van der Waals surface area contributed by atoms with Gasteiger partial charge in [0.2, 0.25) is 5.91 Å². The average Bonchev–Trinajstić information content (AvgIpc) is 3.90. The molecule has 0 unspecified atom stereocenters. The normalized spacial score (nSPS) is 29.3. The smallest absolute Gasteiger partial charge is 0.263 e. The van der Waals surface area contributed by atoms with Crippen molar-refractivity contribution < 1.29 is 13.2 Å². The summed E-state index contributed by atoms with van der Waals surface area (Å²) in [6.07, 6.45) is 5.53. The summed E-state index contributed by atoms with van der Waals surface area (Å²) in [6.45, 7) is 3.87. The van der Waals surface area contributed by atoms with Crippen LogP contribution < -0.4 is 15.1 Å². The summed E-state index contributed by atoms with van der Waals surface area (Å²) in [6, 6.07) is 30.1. The Bertz CT molecular complexity index is 2280. The van der Waals surface area contributed by atoms with Gasteiger partial charge >= 0.3 is 0 Å². The van der Waals surface area contributed by atoms with E-state index in [2.05, 4.69) is 83.6 Å². The van der Waals surface area contributed by atoms with Crippen molar-refractivity contribution >= 4 is 33.0 Å². The van der Waals surface area contributed by atoms with Crippen LogP contribution in [0, 0.1) is 6.92 Å². The van der Waals surface area contributed by atoms with Gasteiger partial charge in [-0.3, -0.25) is 18.9 Å². The van der Waals surface area contributed by atoms with Gasteiger partial charge < -0.3 is 15.1 Å². The second kappa shape index (κ2) is 11.2. The molecule has 5 aliphatic rings. The summed E-state index contributed by atoms with van der Waals surface area (Å²) >= 11 is 0. The van der Waals surface area contributed by atoms with Crippen LogP contribution in [0.1, 0.15) is 40.7 Å². The molecule has 0 radical (unpaired) electrons. The molecule has 268 valence electrons. The molecule has 0 bridgehead atoms. The standard InChI is InChI=1S/C42H46N6O3S/c1-28-18-20-29(21-19-28)52(50,51)46(4)27-22-40(30-12-7-9-16-34(30)48(6)39(40)49)32-14-11-15-33-36(32)43-37-41(33,23-25-44(37)2)42-24-26-45(3)38(42)47(5)35-17-10-8-13-31(35)42/h7-22,27,37-38,43H,23-26H2,1-6H3/b27-22+/t37-,38+,40-,41+,42+/m0/s1. The van der Waals surface area contributed by atoms with Crippen LogP contribution in [0.25, 0.3) is 0 Å². The molecule has 4 aromatic carbocycles. The Morgan fingerprint density at radius 1 is 0.750 bits per heavy atom. The number of likely N-dealkylation sites (tertiary alicyclic amines) is 2. The first-order valence-corrected chi connectivity index (χ1v) is 19.6. The fourth-order valence-corrected chi connectivity index (χ4v) is 11.9. The number of carbonyl (C=O) groups excluding carboxylic acids is 1. The number of likely N-dealkylation sites (N-methyl/N-ethyl adjacent to an activating group) is 4. The van der Waals surface area contributed by atoms with Gasteiger partial charge in [-0.2, -0.15) is 0 Å². The number of benzene rings is 4. The number of para-hydroxylation sites is 3. The van der Waals surface area contributed by atoms with Gasteiger partial charge in [0.25, 0.3) is 10.0 Å². The first-order valence-electron chi connectivity index (χ1n) is 18.2. The number of nitrogens with zero attached hydrogens (tertiary/aromatic N) is 5. The third-order valence-corrected chi connectivity index (χ3v) is 15.0. The van der Waals surface area contributed by atoms with Crippen LogP contribution in [-0.4, -0.2) is 89.1 Å². The maximum absolute atomic E-state index is 15.0. The van der Waals surface area contributed by atoms with Crippen LogP contribution in [0.2, 0.25) is 0 Å². The van der Waals surface area contributed by atoms with Gasteiger partial charge in [0.1, 0.15) is 5.41 Å². The molecule has 5 atom stereocenters. The van der Waals surface area contributed by atoms with E-state index in [1.807, 2.05) is 44.3 Å². The van der Waals surface area contributed by atoms with E-state index in [-0.39, 0.29) is 34.0 Å². The zero-order valence-electron chi connectivity index (χ0n) is 30.7. The lowest BCUT2D eigenvalue weighted by molar-refractivity contribution is -0.120. The monoisotopic (exact) mass is 714 g/mol. The van der Waals surface area contributed by atoms with Crippen molar-refractivity contribution in [2.24, 2.45) is 0 Å². The number of anilines is 3.